The van der Waals surface area contributed by atoms with Gasteiger partial charge in [0, 0.05) is 11.6 Å². The Hall–Kier alpha value is -0.610. The predicted octanol–water partition coefficient (Wildman–Crippen LogP) is -0.214. The van der Waals surface area contributed by atoms with E-state index in [-0.39, 0.29) is 6.42 Å². The average Bonchev–Trinajstić information content (AvgIpc) is 2.35. The first-order valence-corrected chi connectivity index (χ1v) is 4.75. The van der Waals surface area contributed by atoms with Crippen LogP contribution in [0.1, 0.15) is 19.8 Å². The quantitative estimate of drug-likeness (QED) is 0.567. The van der Waals surface area contributed by atoms with Gasteiger partial charge < -0.3 is 16.2 Å². The smallest absolute Gasteiger partial charge is 0.305 e. The van der Waals surface area contributed by atoms with Crippen molar-refractivity contribution in [1.29, 1.82) is 0 Å². The number of fused-ring (bicyclic) bond motifs is 1. The van der Waals surface area contributed by atoms with Gasteiger partial charge in [-0.25, -0.2) is 0 Å². The molecule has 0 spiro atoms. The maximum absolute atomic E-state index is 10.6. The minimum Gasteiger partial charge on any atom is -0.481 e. The maximum atomic E-state index is 10.6. The molecule has 0 radical (unpaired) electrons. The largest absolute Gasteiger partial charge is 0.481 e. The van der Waals surface area contributed by atoms with Crippen LogP contribution in [0.2, 0.25) is 0 Å². The summed E-state index contributed by atoms with van der Waals surface area (Å²) in [5, 5.41) is 12.1. The molecule has 4 nitrogen and oxygen atoms in total. The van der Waals surface area contributed by atoms with Crippen LogP contribution in [0.3, 0.4) is 0 Å². The summed E-state index contributed by atoms with van der Waals surface area (Å²) in [7, 11) is 0. The Kier molecular flexibility index (Phi) is 1.85. The van der Waals surface area contributed by atoms with Crippen LogP contribution in [-0.4, -0.2) is 29.2 Å². The normalized spacial score (nSPS) is 40.9. The van der Waals surface area contributed by atoms with E-state index in [2.05, 4.69) is 5.32 Å². The van der Waals surface area contributed by atoms with E-state index in [1.807, 2.05) is 6.92 Å². The predicted molar refractivity (Wildman–Crippen MR) is 48.2 cm³/mol. The first-order chi connectivity index (χ1) is 6.00. The third kappa shape index (κ3) is 1.34. The lowest BCUT2D eigenvalue weighted by Crippen LogP contribution is -2.57. The Bertz CT molecular complexity index is 226. The molecule has 3 rings (SSSR count). The molecule has 0 aromatic rings. The molecule has 4 N–H and O–H groups in total. The summed E-state index contributed by atoms with van der Waals surface area (Å²) in [6.07, 6.45) is 1.25. The minimum absolute atomic E-state index is 0.0757. The second kappa shape index (κ2) is 2.69. The van der Waals surface area contributed by atoms with Crippen LogP contribution in [0.5, 0.6) is 0 Å². The molecule has 2 aliphatic heterocycles. The van der Waals surface area contributed by atoms with Crippen LogP contribution in [0.4, 0.5) is 0 Å². The van der Waals surface area contributed by atoms with Crippen molar-refractivity contribution in [3.63, 3.8) is 0 Å². The molecule has 3 fully saturated rings. The minimum atomic E-state index is -0.795. The van der Waals surface area contributed by atoms with Crippen molar-refractivity contribution in [2.45, 2.75) is 31.3 Å². The standard InChI is InChI=1S/C9H16N2O2/c1-9(10,3-7(12)13)8-5-2-6(8)11-4-5/h5-6,8,11H,2-4,10H2,1H3,(H,12,13). The third-order valence-corrected chi connectivity index (χ3v) is 3.43. The molecule has 0 amide bonds. The first kappa shape index (κ1) is 8.97. The van der Waals surface area contributed by atoms with Gasteiger partial charge in [0.25, 0.3) is 0 Å². The lowest BCUT2D eigenvalue weighted by Gasteiger charge is -2.45. The Labute approximate surface area is 77.5 Å². The summed E-state index contributed by atoms with van der Waals surface area (Å²) in [4.78, 5) is 10.6. The van der Waals surface area contributed by atoms with Gasteiger partial charge in [-0.2, -0.15) is 0 Å². The topological polar surface area (TPSA) is 75.4 Å². The van der Waals surface area contributed by atoms with Crippen LogP contribution >= 0.6 is 0 Å². The van der Waals surface area contributed by atoms with Crippen molar-refractivity contribution < 1.29 is 9.90 Å². The van der Waals surface area contributed by atoms with Crippen LogP contribution < -0.4 is 11.1 Å². The van der Waals surface area contributed by atoms with Crippen molar-refractivity contribution in [2.24, 2.45) is 17.6 Å². The number of nitrogens with one attached hydrogen (secondary N) is 1. The number of carbonyl (C=O) groups is 1. The first-order valence-electron chi connectivity index (χ1n) is 4.75. The number of aliphatic carboxylic acids is 1. The van der Waals surface area contributed by atoms with Gasteiger partial charge in [0.05, 0.1) is 6.42 Å². The molecular weight excluding hydrogens is 168 g/mol. The monoisotopic (exact) mass is 184 g/mol. The van der Waals surface area contributed by atoms with Gasteiger partial charge in [-0.05, 0) is 31.7 Å². The zero-order valence-corrected chi connectivity index (χ0v) is 7.79. The maximum Gasteiger partial charge on any atom is 0.305 e. The number of carboxylic acid groups (broad SMARTS) is 1. The Morgan fingerprint density at radius 3 is 2.85 bits per heavy atom. The molecule has 4 unspecified atom stereocenters. The van der Waals surface area contributed by atoms with E-state index >= 15 is 0 Å². The van der Waals surface area contributed by atoms with Crippen molar-refractivity contribution in [2.75, 3.05) is 6.54 Å². The molecular formula is C9H16N2O2. The molecule has 4 atom stereocenters. The van der Waals surface area contributed by atoms with Gasteiger partial charge in [-0.15, -0.1) is 0 Å². The summed E-state index contributed by atoms with van der Waals surface area (Å²) in [6, 6.07) is 0.472. The summed E-state index contributed by atoms with van der Waals surface area (Å²) in [5.41, 5.74) is 5.48. The second-order valence-electron chi connectivity index (χ2n) is 4.61. The van der Waals surface area contributed by atoms with E-state index < -0.39 is 11.5 Å². The number of carboxylic acids is 1. The fourth-order valence-corrected chi connectivity index (χ4v) is 2.92. The van der Waals surface area contributed by atoms with Crippen molar-refractivity contribution >= 4 is 5.97 Å². The fourth-order valence-electron chi connectivity index (χ4n) is 2.92. The Morgan fingerprint density at radius 2 is 2.46 bits per heavy atom. The zero-order valence-electron chi connectivity index (χ0n) is 7.79. The highest BCUT2D eigenvalue weighted by atomic mass is 16.4. The molecule has 1 aliphatic carbocycles. The Morgan fingerprint density at radius 1 is 1.77 bits per heavy atom. The summed E-state index contributed by atoms with van der Waals surface area (Å²) in [5.74, 6) is 0.180. The molecule has 2 saturated heterocycles. The van der Waals surface area contributed by atoms with E-state index in [1.54, 1.807) is 0 Å². The molecule has 1 saturated carbocycles. The Balaban J connectivity index is 2.03. The lowest BCUT2D eigenvalue weighted by molar-refractivity contribution is -0.139. The van der Waals surface area contributed by atoms with Crippen LogP contribution in [0, 0.1) is 11.8 Å². The molecule has 2 bridgehead atoms. The highest BCUT2D eigenvalue weighted by Gasteiger charge is 2.54. The van der Waals surface area contributed by atoms with Crippen LogP contribution in [-0.2, 0) is 4.79 Å². The van der Waals surface area contributed by atoms with Crippen LogP contribution in [0.15, 0.2) is 0 Å². The second-order valence-corrected chi connectivity index (χ2v) is 4.61. The third-order valence-electron chi connectivity index (χ3n) is 3.43. The molecule has 4 heteroatoms. The van der Waals surface area contributed by atoms with E-state index in [1.165, 1.54) is 6.42 Å². The number of hydrogen-bond acceptors (Lipinski definition) is 3. The number of rotatable bonds is 3. The molecule has 2 heterocycles. The van der Waals surface area contributed by atoms with Crippen molar-refractivity contribution in [1.82, 2.24) is 5.32 Å². The van der Waals surface area contributed by atoms with E-state index in [0.29, 0.717) is 17.9 Å². The van der Waals surface area contributed by atoms with Gasteiger partial charge in [-0.3, -0.25) is 4.79 Å². The molecule has 0 aromatic carbocycles. The highest BCUT2D eigenvalue weighted by molar-refractivity contribution is 5.68. The van der Waals surface area contributed by atoms with Gasteiger partial charge in [0.15, 0.2) is 0 Å². The lowest BCUT2D eigenvalue weighted by atomic mass is 9.63. The molecule has 13 heavy (non-hydrogen) atoms. The number of nitrogens with two attached hydrogens (primary N) is 1. The van der Waals surface area contributed by atoms with Crippen LogP contribution in [0.25, 0.3) is 0 Å². The van der Waals surface area contributed by atoms with Gasteiger partial charge in [0.1, 0.15) is 0 Å². The average molecular weight is 184 g/mol. The number of hydrogen-bond donors (Lipinski definition) is 3. The van der Waals surface area contributed by atoms with Gasteiger partial charge >= 0.3 is 5.97 Å². The fraction of sp³-hybridized carbons (Fsp3) is 0.889. The highest BCUT2D eigenvalue weighted by Crippen LogP contribution is 2.46. The summed E-state index contributed by atoms with van der Waals surface area (Å²) < 4.78 is 0. The van der Waals surface area contributed by atoms with Gasteiger partial charge in [-0.1, -0.05) is 0 Å². The zero-order chi connectivity index (χ0) is 9.64. The summed E-state index contributed by atoms with van der Waals surface area (Å²) >= 11 is 0. The van der Waals surface area contributed by atoms with Crippen molar-refractivity contribution in [3.8, 4) is 0 Å². The van der Waals surface area contributed by atoms with E-state index in [4.69, 9.17) is 10.8 Å². The van der Waals surface area contributed by atoms with Gasteiger partial charge in [0.2, 0.25) is 0 Å². The van der Waals surface area contributed by atoms with E-state index in [0.717, 1.165) is 6.54 Å². The molecule has 74 valence electrons. The molecule has 3 aliphatic rings. The summed E-state index contributed by atoms with van der Waals surface area (Å²) in [6.45, 7) is 2.87. The molecule has 0 aromatic heterocycles. The SMILES string of the molecule is CC(N)(CC(=O)O)C1C2CNC1C2. The van der Waals surface area contributed by atoms with E-state index in [9.17, 15) is 4.79 Å². The van der Waals surface area contributed by atoms with Crippen molar-refractivity contribution in [3.05, 3.63) is 0 Å².